The van der Waals surface area contributed by atoms with E-state index in [4.69, 9.17) is 0 Å². The first-order chi connectivity index (χ1) is 15.6. The van der Waals surface area contributed by atoms with Gasteiger partial charge in [0, 0.05) is 37.7 Å². The van der Waals surface area contributed by atoms with Crippen molar-refractivity contribution in [2.45, 2.75) is 25.2 Å². The Kier molecular flexibility index (Phi) is 9.00. The van der Waals surface area contributed by atoms with Gasteiger partial charge < -0.3 is 5.32 Å². The third kappa shape index (κ3) is 6.80. The minimum atomic E-state index is -3.76. The second kappa shape index (κ2) is 11.5. The van der Waals surface area contributed by atoms with Crippen LogP contribution in [-0.4, -0.2) is 50.1 Å². The van der Waals surface area contributed by atoms with Crippen LogP contribution in [-0.2, 0) is 14.8 Å². The van der Waals surface area contributed by atoms with E-state index in [0.717, 1.165) is 12.1 Å². The molecule has 2 aromatic rings. The predicted molar refractivity (Wildman–Crippen MR) is 115 cm³/mol. The van der Waals surface area contributed by atoms with Crippen molar-refractivity contribution in [3.8, 4) is 0 Å². The predicted octanol–water partition coefficient (Wildman–Crippen LogP) is 1.58. The number of amides is 3. The molecule has 0 bridgehead atoms. The molecule has 0 saturated carbocycles. The molecule has 0 fully saturated rings. The Morgan fingerprint density at radius 2 is 1.64 bits per heavy atom. The van der Waals surface area contributed by atoms with Crippen LogP contribution in [0, 0.1) is 11.6 Å². The molecule has 2 aromatic carbocycles. The van der Waals surface area contributed by atoms with Gasteiger partial charge in [0.05, 0.1) is 10.5 Å². The Morgan fingerprint density at radius 1 is 0.939 bits per heavy atom. The van der Waals surface area contributed by atoms with Gasteiger partial charge in [-0.3, -0.25) is 25.2 Å². The van der Waals surface area contributed by atoms with Crippen LogP contribution in [0.1, 0.15) is 41.0 Å². The molecule has 9 nitrogen and oxygen atoms in total. The van der Waals surface area contributed by atoms with Gasteiger partial charge in [-0.05, 0) is 30.3 Å². The summed E-state index contributed by atoms with van der Waals surface area (Å²) in [6, 6.07) is 7.86. The molecule has 0 aromatic heterocycles. The summed E-state index contributed by atoms with van der Waals surface area (Å²) in [4.78, 5) is 36.0. The van der Waals surface area contributed by atoms with E-state index in [1.165, 1.54) is 28.6 Å². The summed E-state index contributed by atoms with van der Waals surface area (Å²) in [5, 5.41) is 2.31. The summed E-state index contributed by atoms with van der Waals surface area (Å²) >= 11 is 0. The fourth-order valence-electron chi connectivity index (χ4n) is 2.83. The highest BCUT2D eigenvalue weighted by molar-refractivity contribution is 7.89. The average Bonchev–Trinajstić information content (AvgIpc) is 2.78. The van der Waals surface area contributed by atoms with E-state index in [-0.39, 0.29) is 42.1 Å². The monoisotopic (exact) mass is 482 g/mol. The molecule has 0 aliphatic rings. The van der Waals surface area contributed by atoms with E-state index in [0.29, 0.717) is 6.07 Å². The standard InChI is InChI=1S/C21H24F2N4O5S/c1-3-27(4-2)33(31,32)16-7-5-6-14(12-16)20(29)26-25-19(28)10-11-24-21(30)17-9-8-15(22)13-18(17)23/h5-9,12-13H,3-4,10-11H2,1-2H3,(H,24,30)(H,25,28)(H,26,29). The maximum absolute atomic E-state index is 13.6. The normalized spacial score (nSPS) is 11.2. The molecule has 0 aliphatic carbocycles. The van der Waals surface area contributed by atoms with E-state index >= 15 is 0 Å². The first-order valence-electron chi connectivity index (χ1n) is 10.0. The van der Waals surface area contributed by atoms with Gasteiger partial charge in [0.25, 0.3) is 11.8 Å². The first-order valence-corrected chi connectivity index (χ1v) is 11.5. The third-order valence-electron chi connectivity index (χ3n) is 4.57. The number of hydrazine groups is 1. The van der Waals surface area contributed by atoms with E-state index in [2.05, 4.69) is 16.2 Å². The quantitative estimate of drug-likeness (QED) is 0.468. The van der Waals surface area contributed by atoms with Crippen LogP contribution in [0.5, 0.6) is 0 Å². The zero-order valence-corrected chi connectivity index (χ0v) is 18.8. The molecule has 0 unspecified atom stereocenters. The molecule has 3 N–H and O–H groups in total. The van der Waals surface area contributed by atoms with Crippen LogP contribution < -0.4 is 16.2 Å². The lowest BCUT2D eigenvalue weighted by atomic mass is 10.2. The van der Waals surface area contributed by atoms with Gasteiger partial charge in [0.1, 0.15) is 11.6 Å². The van der Waals surface area contributed by atoms with Gasteiger partial charge in [-0.15, -0.1) is 0 Å². The molecule has 33 heavy (non-hydrogen) atoms. The Labute approximate surface area is 190 Å². The molecule has 178 valence electrons. The molecule has 0 aliphatic heterocycles. The number of benzene rings is 2. The Morgan fingerprint density at radius 3 is 2.27 bits per heavy atom. The van der Waals surface area contributed by atoms with Gasteiger partial charge >= 0.3 is 0 Å². The summed E-state index contributed by atoms with van der Waals surface area (Å²) in [6.07, 6.45) is -0.245. The van der Waals surface area contributed by atoms with E-state index in [1.54, 1.807) is 13.8 Å². The number of carbonyl (C=O) groups is 3. The zero-order valence-electron chi connectivity index (χ0n) is 18.0. The number of sulfonamides is 1. The maximum Gasteiger partial charge on any atom is 0.269 e. The van der Waals surface area contributed by atoms with Crippen molar-refractivity contribution < 1.29 is 31.6 Å². The molecule has 3 amide bonds. The Hall–Kier alpha value is -3.38. The van der Waals surface area contributed by atoms with Crippen LogP contribution in [0.25, 0.3) is 0 Å². The highest BCUT2D eigenvalue weighted by atomic mass is 32.2. The summed E-state index contributed by atoms with van der Waals surface area (Å²) < 4.78 is 52.9. The second-order valence-corrected chi connectivity index (χ2v) is 8.69. The van der Waals surface area contributed by atoms with Crippen LogP contribution in [0.2, 0.25) is 0 Å². The van der Waals surface area contributed by atoms with Crippen LogP contribution >= 0.6 is 0 Å². The van der Waals surface area contributed by atoms with Crippen LogP contribution in [0.3, 0.4) is 0 Å². The Balaban J connectivity index is 1.88. The topological polar surface area (TPSA) is 125 Å². The van der Waals surface area contributed by atoms with Crippen molar-refractivity contribution in [3.05, 3.63) is 65.2 Å². The van der Waals surface area contributed by atoms with E-state index in [9.17, 15) is 31.6 Å². The van der Waals surface area contributed by atoms with Gasteiger partial charge in [-0.1, -0.05) is 19.9 Å². The molecule has 0 atom stereocenters. The maximum atomic E-state index is 13.6. The smallest absolute Gasteiger partial charge is 0.269 e. The highest BCUT2D eigenvalue weighted by Crippen LogP contribution is 2.17. The van der Waals surface area contributed by atoms with Crippen molar-refractivity contribution in [2.75, 3.05) is 19.6 Å². The number of hydrogen-bond donors (Lipinski definition) is 3. The summed E-state index contributed by atoms with van der Waals surface area (Å²) in [5.41, 5.74) is 3.95. The first kappa shape index (κ1) is 25.9. The number of carbonyl (C=O) groups excluding carboxylic acids is 3. The van der Waals surface area contributed by atoms with Gasteiger partial charge in [0.2, 0.25) is 15.9 Å². The third-order valence-corrected chi connectivity index (χ3v) is 6.61. The molecule has 12 heteroatoms. The number of hydrogen-bond acceptors (Lipinski definition) is 5. The lowest BCUT2D eigenvalue weighted by molar-refractivity contribution is -0.121. The molecular formula is C21H24F2N4O5S. The van der Waals surface area contributed by atoms with Crippen LogP contribution in [0.15, 0.2) is 47.4 Å². The average molecular weight is 483 g/mol. The van der Waals surface area contributed by atoms with Gasteiger partial charge in [-0.2, -0.15) is 4.31 Å². The molecular weight excluding hydrogens is 458 g/mol. The van der Waals surface area contributed by atoms with Gasteiger partial charge in [0.15, 0.2) is 0 Å². The fraction of sp³-hybridized carbons (Fsp3) is 0.286. The zero-order chi connectivity index (χ0) is 24.6. The van der Waals surface area contributed by atoms with Crippen molar-refractivity contribution in [3.63, 3.8) is 0 Å². The number of nitrogens with one attached hydrogen (secondary N) is 3. The minimum Gasteiger partial charge on any atom is -0.351 e. The van der Waals surface area contributed by atoms with Crippen molar-refractivity contribution in [2.24, 2.45) is 0 Å². The molecule has 0 heterocycles. The number of halogens is 2. The van der Waals surface area contributed by atoms with Crippen LogP contribution in [0.4, 0.5) is 8.78 Å². The molecule has 2 rings (SSSR count). The summed E-state index contributed by atoms with van der Waals surface area (Å²) in [7, 11) is -3.76. The summed E-state index contributed by atoms with van der Waals surface area (Å²) in [6.45, 7) is 3.78. The SMILES string of the molecule is CCN(CC)S(=O)(=O)c1cccc(C(=O)NNC(=O)CCNC(=O)c2ccc(F)cc2F)c1. The molecule has 0 radical (unpaired) electrons. The molecule has 0 spiro atoms. The second-order valence-electron chi connectivity index (χ2n) is 6.75. The Bertz CT molecular complexity index is 1140. The lowest BCUT2D eigenvalue weighted by Gasteiger charge is -2.18. The molecule has 0 saturated heterocycles. The lowest BCUT2D eigenvalue weighted by Crippen LogP contribution is -2.43. The van der Waals surface area contributed by atoms with E-state index < -0.39 is 39.4 Å². The van der Waals surface area contributed by atoms with Gasteiger partial charge in [-0.25, -0.2) is 17.2 Å². The largest absolute Gasteiger partial charge is 0.351 e. The summed E-state index contributed by atoms with van der Waals surface area (Å²) in [5.74, 6) is -4.08. The van der Waals surface area contributed by atoms with Crippen molar-refractivity contribution >= 4 is 27.7 Å². The number of nitrogens with zero attached hydrogens (tertiary/aromatic N) is 1. The number of rotatable bonds is 9. The van der Waals surface area contributed by atoms with Crippen molar-refractivity contribution in [1.82, 2.24) is 20.5 Å². The fourth-order valence-corrected chi connectivity index (χ4v) is 4.33. The minimum absolute atomic E-state index is 0.0172. The highest BCUT2D eigenvalue weighted by Gasteiger charge is 2.22. The van der Waals surface area contributed by atoms with Crippen molar-refractivity contribution in [1.29, 1.82) is 0 Å². The van der Waals surface area contributed by atoms with E-state index in [1.807, 2.05) is 0 Å².